The quantitative estimate of drug-likeness (QED) is 0.335. The van der Waals surface area contributed by atoms with Crippen molar-refractivity contribution in [3.05, 3.63) is 35.5 Å². The van der Waals surface area contributed by atoms with Gasteiger partial charge in [0.2, 0.25) is 6.29 Å². The first-order valence-electron chi connectivity index (χ1n) is 13.5. The number of fused-ring (bicyclic) bond motifs is 5. The van der Waals surface area contributed by atoms with Crippen molar-refractivity contribution in [3.63, 3.8) is 0 Å². The van der Waals surface area contributed by atoms with Crippen LogP contribution in [0.3, 0.4) is 0 Å². The van der Waals surface area contributed by atoms with Gasteiger partial charge in [-0.05, 0) is 42.6 Å². The average Bonchev–Trinajstić information content (AvgIpc) is 3.33. The second-order valence-corrected chi connectivity index (χ2v) is 13.0. The van der Waals surface area contributed by atoms with Crippen molar-refractivity contribution in [1.82, 2.24) is 0 Å². The van der Waals surface area contributed by atoms with E-state index in [9.17, 15) is 24.3 Å². The van der Waals surface area contributed by atoms with Gasteiger partial charge in [0, 0.05) is 47.7 Å². The Bertz CT molecular complexity index is 1210. The highest BCUT2D eigenvalue weighted by atomic mass is 16.6. The third-order valence-corrected chi connectivity index (χ3v) is 10.8. The summed E-state index contributed by atoms with van der Waals surface area (Å²) in [5.41, 5.74) is -1.05. The van der Waals surface area contributed by atoms with E-state index in [0.717, 1.165) is 5.57 Å². The van der Waals surface area contributed by atoms with Gasteiger partial charge in [0.1, 0.15) is 12.2 Å². The Balaban J connectivity index is 1.71. The summed E-state index contributed by atoms with van der Waals surface area (Å²) in [5, 5.41) is 10.6. The number of hydrogen-bond donors (Lipinski definition) is 1. The van der Waals surface area contributed by atoms with Crippen molar-refractivity contribution < 1.29 is 38.5 Å². The second-order valence-electron chi connectivity index (χ2n) is 13.0. The number of allylic oxidation sites excluding steroid dienone is 3. The molecule has 2 fully saturated rings. The Morgan fingerprint density at radius 1 is 0.947 bits per heavy atom. The van der Waals surface area contributed by atoms with E-state index in [0.29, 0.717) is 24.8 Å². The number of esters is 3. The van der Waals surface area contributed by atoms with Gasteiger partial charge in [0.25, 0.3) is 0 Å². The first kappa shape index (κ1) is 26.9. The SMILES string of the molecule is CC(=O)O[C@H]1C[C@@H]2[C@@]3(C)C=CC(=O)C(C)(C)[C@@H]3C[C@@H](OC(C)=O)[C@@]2(C)C2=CC[C@@H](C3=CC(=O)O[C@H]3O)[C@@]21C. The molecular weight excluding hydrogens is 488 g/mol. The van der Waals surface area contributed by atoms with Gasteiger partial charge in [-0.15, -0.1) is 0 Å². The zero-order valence-electron chi connectivity index (χ0n) is 23.2. The van der Waals surface area contributed by atoms with Crippen LogP contribution in [0.4, 0.5) is 0 Å². The number of aliphatic hydroxyl groups is 1. The van der Waals surface area contributed by atoms with Gasteiger partial charge in [-0.3, -0.25) is 14.4 Å². The van der Waals surface area contributed by atoms with Crippen LogP contribution in [0.15, 0.2) is 35.5 Å². The molecule has 1 aliphatic heterocycles. The molecule has 0 bridgehead atoms. The number of hydrogen-bond acceptors (Lipinski definition) is 8. The van der Waals surface area contributed by atoms with Crippen molar-refractivity contribution in [3.8, 4) is 0 Å². The number of carbonyl (C=O) groups excluding carboxylic acids is 4. The molecule has 0 aromatic rings. The molecular formula is C30H38O8. The molecule has 206 valence electrons. The van der Waals surface area contributed by atoms with Crippen LogP contribution in [0.25, 0.3) is 0 Å². The summed E-state index contributed by atoms with van der Waals surface area (Å²) in [6.07, 6.45) is 6.23. The number of ether oxygens (including phenoxy) is 3. The molecule has 4 aliphatic carbocycles. The lowest BCUT2D eigenvalue weighted by atomic mass is 9.38. The molecule has 0 radical (unpaired) electrons. The van der Waals surface area contributed by atoms with Crippen molar-refractivity contribution in [2.45, 2.75) is 86.2 Å². The molecule has 1 heterocycles. The van der Waals surface area contributed by atoms with Crippen LogP contribution < -0.4 is 0 Å². The Kier molecular flexibility index (Phi) is 5.92. The first-order valence-corrected chi connectivity index (χ1v) is 13.5. The van der Waals surface area contributed by atoms with E-state index in [2.05, 4.69) is 19.9 Å². The first-order chi connectivity index (χ1) is 17.6. The van der Waals surface area contributed by atoms with Crippen LogP contribution in [0.5, 0.6) is 0 Å². The van der Waals surface area contributed by atoms with Crippen LogP contribution >= 0.6 is 0 Å². The van der Waals surface area contributed by atoms with E-state index < -0.39 is 52.1 Å². The van der Waals surface area contributed by atoms with E-state index in [4.69, 9.17) is 14.2 Å². The number of ketones is 1. The standard InChI is InChI=1S/C30H38O8/c1-15(31)36-23-14-21-28(5)11-10-22(33)27(3,4)20(28)13-24(37-16(2)32)30(21,7)19-9-8-18(29(19,23)6)17-12-25(34)38-26(17)35/h9-12,18,20-21,23-24,26,35H,8,13-14H2,1-7H3/t18-,20-,21+,23-,24+,26+,28-,29-,30-/m0/s1. The molecule has 0 aromatic heterocycles. The molecule has 8 nitrogen and oxygen atoms in total. The van der Waals surface area contributed by atoms with E-state index >= 15 is 0 Å². The van der Waals surface area contributed by atoms with Crippen LogP contribution in [0, 0.1) is 39.4 Å². The molecule has 5 aliphatic rings. The zero-order chi connectivity index (χ0) is 28.0. The third kappa shape index (κ3) is 3.44. The largest absolute Gasteiger partial charge is 0.462 e. The molecule has 38 heavy (non-hydrogen) atoms. The summed E-state index contributed by atoms with van der Waals surface area (Å²) in [6.45, 7) is 13.0. The molecule has 1 N–H and O–H groups in total. The molecule has 0 saturated heterocycles. The fraction of sp³-hybridized carbons (Fsp3) is 0.667. The molecule has 9 atom stereocenters. The highest BCUT2D eigenvalue weighted by molar-refractivity contribution is 5.95. The summed E-state index contributed by atoms with van der Waals surface area (Å²) in [4.78, 5) is 49.9. The fourth-order valence-electron chi connectivity index (χ4n) is 9.09. The average molecular weight is 527 g/mol. The van der Waals surface area contributed by atoms with E-state index in [1.807, 2.05) is 26.8 Å². The smallest absolute Gasteiger partial charge is 0.333 e. The minimum Gasteiger partial charge on any atom is -0.462 e. The molecule has 5 rings (SSSR count). The van der Waals surface area contributed by atoms with Gasteiger partial charge in [-0.2, -0.15) is 0 Å². The Labute approximate surface area is 223 Å². The number of rotatable bonds is 3. The summed E-state index contributed by atoms with van der Waals surface area (Å²) in [6, 6.07) is 0. The summed E-state index contributed by atoms with van der Waals surface area (Å²) >= 11 is 0. The maximum absolute atomic E-state index is 13.0. The Morgan fingerprint density at radius 2 is 1.53 bits per heavy atom. The van der Waals surface area contributed by atoms with Crippen LogP contribution in [-0.2, 0) is 33.4 Å². The summed E-state index contributed by atoms with van der Waals surface area (Å²) in [7, 11) is 0. The van der Waals surface area contributed by atoms with Gasteiger partial charge in [0.15, 0.2) is 5.78 Å². The van der Waals surface area contributed by atoms with Crippen LogP contribution in [0.1, 0.15) is 67.7 Å². The van der Waals surface area contributed by atoms with Gasteiger partial charge < -0.3 is 19.3 Å². The minimum atomic E-state index is -1.36. The zero-order valence-corrected chi connectivity index (χ0v) is 23.2. The lowest BCUT2D eigenvalue weighted by molar-refractivity contribution is -0.204. The van der Waals surface area contributed by atoms with Crippen molar-refractivity contribution in [2.24, 2.45) is 39.4 Å². The maximum atomic E-state index is 13.0. The topological polar surface area (TPSA) is 116 Å². The predicted octanol–water partition coefficient (Wildman–Crippen LogP) is 3.82. The van der Waals surface area contributed by atoms with Gasteiger partial charge >= 0.3 is 17.9 Å². The predicted molar refractivity (Wildman–Crippen MR) is 136 cm³/mol. The highest BCUT2D eigenvalue weighted by Gasteiger charge is 2.71. The summed E-state index contributed by atoms with van der Waals surface area (Å²) < 4.78 is 17.2. The lowest BCUT2D eigenvalue weighted by Crippen LogP contribution is -2.67. The van der Waals surface area contributed by atoms with Crippen LogP contribution in [0.2, 0.25) is 0 Å². The second kappa shape index (κ2) is 8.38. The van der Waals surface area contributed by atoms with E-state index in [-0.39, 0.29) is 29.5 Å². The monoisotopic (exact) mass is 526 g/mol. The van der Waals surface area contributed by atoms with Gasteiger partial charge in [-0.1, -0.05) is 52.3 Å². The van der Waals surface area contributed by atoms with Gasteiger partial charge in [0.05, 0.1) is 0 Å². The Morgan fingerprint density at radius 3 is 2.08 bits per heavy atom. The number of carbonyl (C=O) groups is 4. The van der Waals surface area contributed by atoms with Crippen molar-refractivity contribution >= 4 is 23.7 Å². The lowest BCUT2D eigenvalue weighted by Gasteiger charge is -2.67. The minimum absolute atomic E-state index is 0.0503. The van der Waals surface area contributed by atoms with Crippen molar-refractivity contribution in [2.75, 3.05) is 0 Å². The number of aliphatic hydroxyl groups excluding tert-OH is 1. The van der Waals surface area contributed by atoms with Gasteiger partial charge in [-0.25, -0.2) is 4.79 Å². The normalized spacial score (nSPS) is 44.7. The fourth-order valence-corrected chi connectivity index (χ4v) is 9.09. The molecule has 2 saturated carbocycles. The highest BCUT2D eigenvalue weighted by Crippen LogP contribution is 2.73. The molecule has 0 aromatic carbocycles. The molecule has 0 unspecified atom stereocenters. The van der Waals surface area contributed by atoms with Crippen LogP contribution in [-0.4, -0.2) is 47.3 Å². The Hall–Kier alpha value is -2.74. The molecule has 8 heteroatoms. The number of cyclic esters (lactones) is 1. The maximum Gasteiger partial charge on any atom is 0.333 e. The molecule has 0 spiro atoms. The van der Waals surface area contributed by atoms with E-state index in [1.54, 1.807) is 6.08 Å². The van der Waals surface area contributed by atoms with Crippen molar-refractivity contribution in [1.29, 1.82) is 0 Å². The third-order valence-electron chi connectivity index (χ3n) is 10.8. The van der Waals surface area contributed by atoms with E-state index in [1.165, 1.54) is 19.9 Å². The summed E-state index contributed by atoms with van der Waals surface area (Å²) in [5.74, 6) is -1.91. The molecule has 0 amide bonds.